The highest BCUT2D eigenvalue weighted by Gasteiger charge is 2.22. The van der Waals surface area contributed by atoms with Gasteiger partial charge in [0.05, 0.1) is 6.42 Å². The predicted octanol–water partition coefficient (Wildman–Crippen LogP) is 3.73. The Morgan fingerprint density at radius 1 is 0.933 bits per heavy atom. The summed E-state index contributed by atoms with van der Waals surface area (Å²) >= 11 is 0. The minimum atomic E-state index is 0.182. The van der Waals surface area contributed by atoms with Gasteiger partial charge in [-0.2, -0.15) is 4.98 Å². The van der Waals surface area contributed by atoms with Crippen molar-refractivity contribution in [2.45, 2.75) is 20.3 Å². The van der Waals surface area contributed by atoms with Crippen LogP contribution in [0.5, 0.6) is 0 Å². The van der Waals surface area contributed by atoms with Crippen molar-refractivity contribution in [1.82, 2.24) is 14.9 Å². The molecule has 1 amide bonds. The third-order valence-corrected chi connectivity index (χ3v) is 5.30. The van der Waals surface area contributed by atoms with Crippen LogP contribution in [0, 0.1) is 13.8 Å². The van der Waals surface area contributed by atoms with Gasteiger partial charge in [0.2, 0.25) is 11.9 Å². The second-order valence-electron chi connectivity index (χ2n) is 7.71. The van der Waals surface area contributed by atoms with E-state index in [0.29, 0.717) is 25.5 Å². The van der Waals surface area contributed by atoms with E-state index in [2.05, 4.69) is 34.3 Å². The zero-order valence-corrected chi connectivity index (χ0v) is 17.5. The monoisotopic (exact) mass is 401 g/mol. The first-order valence-corrected chi connectivity index (χ1v) is 10.3. The summed E-state index contributed by atoms with van der Waals surface area (Å²) in [6.45, 7) is 6.98. The summed E-state index contributed by atoms with van der Waals surface area (Å²) in [4.78, 5) is 26.0. The standard InChI is InChI=1S/C24H27N5O/c1-18-8-10-21(11-9-18)26-24-25-19(2)16-22(27-24)28-12-14-29(15-13-28)23(30)17-20-6-4-3-5-7-20/h3-11,16H,12-15,17H2,1-2H3,(H,25,26,27). The maximum Gasteiger partial charge on any atom is 0.229 e. The van der Waals surface area contributed by atoms with Crippen LogP contribution in [0.2, 0.25) is 0 Å². The zero-order chi connectivity index (χ0) is 20.9. The van der Waals surface area contributed by atoms with Crippen molar-refractivity contribution in [2.24, 2.45) is 0 Å². The molecule has 6 nitrogen and oxygen atoms in total. The van der Waals surface area contributed by atoms with E-state index in [0.717, 1.165) is 35.9 Å². The van der Waals surface area contributed by atoms with E-state index in [1.54, 1.807) is 0 Å². The van der Waals surface area contributed by atoms with Crippen LogP contribution in [0.1, 0.15) is 16.8 Å². The third-order valence-electron chi connectivity index (χ3n) is 5.30. The molecule has 6 heteroatoms. The number of amides is 1. The zero-order valence-electron chi connectivity index (χ0n) is 17.5. The molecule has 2 heterocycles. The average molecular weight is 402 g/mol. The van der Waals surface area contributed by atoms with Crippen molar-refractivity contribution < 1.29 is 4.79 Å². The Balaban J connectivity index is 1.38. The minimum Gasteiger partial charge on any atom is -0.353 e. The lowest BCUT2D eigenvalue weighted by Crippen LogP contribution is -2.49. The normalized spacial score (nSPS) is 13.9. The maximum atomic E-state index is 12.6. The third kappa shape index (κ3) is 4.95. The maximum absolute atomic E-state index is 12.6. The highest BCUT2D eigenvalue weighted by atomic mass is 16.2. The van der Waals surface area contributed by atoms with Crippen LogP contribution in [0.25, 0.3) is 0 Å². The molecule has 0 unspecified atom stereocenters. The van der Waals surface area contributed by atoms with Gasteiger partial charge in [-0.3, -0.25) is 4.79 Å². The molecule has 1 saturated heterocycles. The Hall–Kier alpha value is -3.41. The first kappa shape index (κ1) is 19.9. The fourth-order valence-corrected chi connectivity index (χ4v) is 3.60. The molecule has 0 spiro atoms. The highest BCUT2D eigenvalue weighted by molar-refractivity contribution is 5.79. The largest absolute Gasteiger partial charge is 0.353 e. The Labute approximate surface area is 177 Å². The van der Waals surface area contributed by atoms with Gasteiger partial charge in [-0.15, -0.1) is 0 Å². The Kier molecular flexibility index (Phi) is 5.93. The second-order valence-corrected chi connectivity index (χ2v) is 7.71. The van der Waals surface area contributed by atoms with Crippen molar-refractivity contribution in [3.63, 3.8) is 0 Å². The van der Waals surface area contributed by atoms with Crippen LogP contribution in [0.4, 0.5) is 17.5 Å². The number of aromatic nitrogens is 2. The Morgan fingerprint density at radius 2 is 1.63 bits per heavy atom. The Bertz CT molecular complexity index is 996. The number of carbonyl (C=O) groups excluding carboxylic acids is 1. The number of nitrogens with one attached hydrogen (secondary N) is 1. The van der Waals surface area contributed by atoms with Crippen LogP contribution < -0.4 is 10.2 Å². The summed E-state index contributed by atoms with van der Waals surface area (Å²) in [5, 5.41) is 3.29. The van der Waals surface area contributed by atoms with E-state index in [1.165, 1.54) is 5.56 Å². The van der Waals surface area contributed by atoms with Crippen molar-refractivity contribution >= 4 is 23.4 Å². The highest BCUT2D eigenvalue weighted by Crippen LogP contribution is 2.20. The summed E-state index contributed by atoms with van der Waals surface area (Å²) in [6.07, 6.45) is 0.456. The van der Waals surface area contributed by atoms with E-state index in [4.69, 9.17) is 4.98 Å². The molecule has 1 N–H and O–H groups in total. The number of nitrogens with zero attached hydrogens (tertiary/aromatic N) is 4. The molecule has 1 aromatic heterocycles. The molecule has 0 atom stereocenters. The molecule has 30 heavy (non-hydrogen) atoms. The van der Waals surface area contributed by atoms with Crippen LogP contribution in [0.15, 0.2) is 60.7 Å². The molecule has 4 rings (SSSR count). The number of hydrogen-bond acceptors (Lipinski definition) is 5. The predicted molar refractivity (Wildman–Crippen MR) is 120 cm³/mol. The molecule has 3 aromatic rings. The molecule has 1 aliphatic rings. The van der Waals surface area contributed by atoms with Crippen LogP contribution in [-0.2, 0) is 11.2 Å². The number of benzene rings is 2. The van der Waals surface area contributed by atoms with Crippen molar-refractivity contribution in [1.29, 1.82) is 0 Å². The Morgan fingerprint density at radius 3 is 2.33 bits per heavy atom. The van der Waals surface area contributed by atoms with Crippen LogP contribution >= 0.6 is 0 Å². The summed E-state index contributed by atoms with van der Waals surface area (Å²) in [5.41, 5.74) is 4.15. The number of piperazine rings is 1. The summed E-state index contributed by atoms with van der Waals surface area (Å²) in [6, 6.07) is 20.1. The van der Waals surface area contributed by atoms with Crippen LogP contribution in [-0.4, -0.2) is 47.0 Å². The van der Waals surface area contributed by atoms with E-state index >= 15 is 0 Å². The van der Waals surface area contributed by atoms with Gasteiger partial charge in [0.1, 0.15) is 5.82 Å². The molecule has 1 aliphatic heterocycles. The van der Waals surface area contributed by atoms with Crippen molar-refractivity contribution in [3.05, 3.63) is 77.5 Å². The van der Waals surface area contributed by atoms with Gasteiger partial charge in [0.25, 0.3) is 0 Å². The summed E-state index contributed by atoms with van der Waals surface area (Å²) < 4.78 is 0. The lowest BCUT2D eigenvalue weighted by Gasteiger charge is -2.35. The summed E-state index contributed by atoms with van der Waals surface area (Å²) in [5.74, 6) is 1.67. The SMILES string of the molecule is Cc1ccc(Nc2nc(C)cc(N3CCN(C(=O)Cc4ccccc4)CC3)n2)cc1. The minimum absolute atomic E-state index is 0.182. The van der Waals surface area contributed by atoms with Gasteiger partial charge in [-0.25, -0.2) is 4.98 Å². The van der Waals surface area contributed by atoms with Gasteiger partial charge in [0.15, 0.2) is 0 Å². The van der Waals surface area contributed by atoms with Crippen molar-refractivity contribution in [2.75, 3.05) is 36.4 Å². The molecular weight excluding hydrogens is 374 g/mol. The molecule has 154 valence electrons. The topological polar surface area (TPSA) is 61.4 Å². The molecule has 0 bridgehead atoms. The molecule has 0 aliphatic carbocycles. The van der Waals surface area contributed by atoms with E-state index in [-0.39, 0.29) is 5.91 Å². The van der Waals surface area contributed by atoms with E-state index in [1.807, 2.05) is 60.4 Å². The van der Waals surface area contributed by atoms with Gasteiger partial charge < -0.3 is 15.1 Å². The lowest BCUT2D eigenvalue weighted by molar-refractivity contribution is -0.130. The first-order valence-electron chi connectivity index (χ1n) is 10.3. The first-order chi connectivity index (χ1) is 14.6. The molecular formula is C24H27N5O. The van der Waals surface area contributed by atoms with Gasteiger partial charge in [0, 0.05) is 43.6 Å². The number of hydrogen-bond donors (Lipinski definition) is 1. The van der Waals surface area contributed by atoms with E-state index < -0.39 is 0 Å². The number of rotatable bonds is 5. The number of anilines is 3. The second kappa shape index (κ2) is 8.95. The molecule has 2 aromatic carbocycles. The lowest BCUT2D eigenvalue weighted by atomic mass is 10.1. The molecule has 0 radical (unpaired) electrons. The van der Waals surface area contributed by atoms with Crippen molar-refractivity contribution in [3.8, 4) is 0 Å². The van der Waals surface area contributed by atoms with E-state index in [9.17, 15) is 4.79 Å². The molecule has 1 fully saturated rings. The fourth-order valence-electron chi connectivity index (χ4n) is 3.60. The fraction of sp³-hybridized carbons (Fsp3) is 0.292. The van der Waals surface area contributed by atoms with Gasteiger partial charge in [-0.1, -0.05) is 48.0 Å². The average Bonchev–Trinajstić information content (AvgIpc) is 2.76. The smallest absolute Gasteiger partial charge is 0.229 e. The number of aryl methyl sites for hydroxylation is 2. The van der Waals surface area contributed by atoms with Crippen LogP contribution in [0.3, 0.4) is 0 Å². The quantitative estimate of drug-likeness (QED) is 0.706. The summed E-state index contributed by atoms with van der Waals surface area (Å²) in [7, 11) is 0. The van der Waals surface area contributed by atoms with Gasteiger partial charge >= 0.3 is 0 Å². The molecule has 0 saturated carbocycles. The number of carbonyl (C=O) groups is 1. The van der Waals surface area contributed by atoms with Gasteiger partial charge in [-0.05, 0) is 31.5 Å².